The van der Waals surface area contributed by atoms with Crippen LogP contribution in [0.15, 0.2) is 0 Å². The standard InChI is InChI=1S/C12H21N3O3/c1-12(2,5-10(16)17)8-14-7-9-6-13-3-4-15(9)11(14)18/h9,13H,3-8H2,1-2H3,(H,16,17). The molecule has 6 heteroatoms. The lowest BCUT2D eigenvalue weighted by Crippen LogP contribution is -2.50. The number of nitrogens with zero attached hydrogens (tertiary/aromatic N) is 2. The fourth-order valence-electron chi connectivity index (χ4n) is 2.80. The van der Waals surface area contributed by atoms with Gasteiger partial charge in [-0.05, 0) is 5.41 Å². The molecule has 0 aromatic carbocycles. The summed E-state index contributed by atoms with van der Waals surface area (Å²) in [5, 5.41) is 12.1. The van der Waals surface area contributed by atoms with Crippen LogP contribution in [-0.4, -0.2) is 65.7 Å². The van der Waals surface area contributed by atoms with Gasteiger partial charge in [0.15, 0.2) is 0 Å². The van der Waals surface area contributed by atoms with Gasteiger partial charge in [0.05, 0.1) is 12.5 Å². The molecule has 0 spiro atoms. The fraction of sp³-hybridized carbons (Fsp3) is 0.833. The molecule has 0 bridgehead atoms. The molecule has 2 heterocycles. The highest BCUT2D eigenvalue weighted by Crippen LogP contribution is 2.26. The largest absolute Gasteiger partial charge is 0.481 e. The average Bonchev–Trinajstić information content (AvgIpc) is 2.54. The molecule has 2 saturated heterocycles. The van der Waals surface area contributed by atoms with Gasteiger partial charge >= 0.3 is 12.0 Å². The van der Waals surface area contributed by atoms with Gasteiger partial charge in [0.2, 0.25) is 0 Å². The van der Waals surface area contributed by atoms with Crippen LogP contribution in [0, 0.1) is 5.41 Å². The summed E-state index contributed by atoms with van der Waals surface area (Å²) in [6.07, 6.45) is 0.0830. The molecule has 0 aliphatic carbocycles. The normalized spacial score (nSPS) is 24.3. The van der Waals surface area contributed by atoms with Gasteiger partial charge in [-0.25, -0.2) is 4.79 Å². The molecule has 6 nitrogen and oxygen atoms in total. The number of carbonyl (C=O) groups excluding carboxylic acids is 1. The molecule has 2 aliphatic rings. The highest BCUT2D eigenvalue weighted by Gasteiger charge is 2.40. The van der Waals surface area contributed by atoms with Gasteiger partial charge in [0.1, 0.15) is 0 Å². The predicted octanol–water partition coefficient (Wildman–Crippen LogP) is 0.197. The Morgan fingerprint density at radius 3 is 2.89 bits per heavy atom. The maximum atomic E-state index is 12.2. The Balaban J connectivity index is 1.98. The number of nitrogens with one attached hydrogen (secondary N) is 1. The minimum Gasteiger partial charge on any atom is -0.481 e. The number of carboxylic acid groups (broad SMARTS) is 1. The van der Waals surface area contributed by atoms with Crippen molar-refractivity contribution in [3.05, 3.63) is 0 Å². The molecule has 2 fully saturated rings. The van der Waals surface area contributed by atoms with Crippen molar-refractivity contribution in [1.82, 2.24) is 15.1 Å². The quantitative estimate of drug-likeness (QED) is 0.752. The zero-order valence-corrected chi connectivity index (χ0v) is 11.0. The van der Waals surface area contributed by atoms with Crippen LogP contribution < -0.4 is 5.32 Å². The van der Waals surface area contributed by atoms with E-state index in [1.54, 1.807) is 4.90 Å². The Hall–Kier alpha value is -1.30. The van der Waals surface area contributed by atoms with E-state index < -0.39 is 5.97 Å². The number of hydrogen-bond acceptors (Lipinski definition) is 3. The zero-order chi connectivity index (χ0) is 13.3. The summed E-state index contributed by atoms with van der Waals surface area (Å²) >= 11 is 0. The van der Waals surface area contributed by atoms with Crippen LogP contribution in [0.25, 0.3) is 0 Å². The SMILES string of the molecule is CC(C)(CC(=O)O)CN1CC2CNCCN2C1=O. The van der Waals surface area contributed by atoms with E-state index in [1.807, 2.05) is 18.7 Å². The maximum Gasteiger partial charge on any atom is 0.320 e. The van der Waals surface area contributed by atoms with E-state index in [0.717, 1.165) is 19.6 Å². The minimum atomic E-state index is -0.814. The summed E-state index contributed by atoms with van der Waals surface area (Å²) in [4.78, 5) is 26.7. The molecule has 18 heavy (non-hydrogen) atoms. The van der Waals surface area contributed by atoms with Crippen molar-refractivity contribution in [2.75, 3.05) is 32.7 Å². The van der Waals surface area contributed by atoms with Crippen molar-refractivity contribution in [3.8, 4) is 0 Å². The van der Waals surface area contributed by atoms with Gasteiger partial charge in [-0.1, -0.05) is 13.8 Å². The summed E-state index contributed by atoms with van der Waals surface area (Å²) < 4.78 is 0. The number of fused-ring (bicyclic) bond motifs is 1. The molecule has 0 radical (unpaired) electrons. The van der Waals surface area contributed by atoms with Crippen LogP contribution in [0.4, 0.5) is 4.79 Å². The van der Waals surface area contributed by atoms with Gasteiger partial charge in [0, 0.05) is 32.7 Å². The topological polar surface area (TPSA) is 72.9 Å². The van der Waals surface area contributed by atoms with Crippen molar-refractivity contribution >= 4 is 12.0 Å². The highest BCUT2D eigenvalue weighted by molar-refractivity contribution is 5.77. The van der Waals surface area contributed by atoms with E-state index >= 15 is 0 Å². The summed E-state index contributed by atoms with van der Waals surface area (Å²) in [5.74, 6) is -0.814. The van der Waals surface area contributed by atoms with Gasteiger partial charge < -0.3 is 20.2 Å². The Labute approximate surface area is 107 Å². The third-order valence-electron chi connectivity index (χ3n) is 3.55. The molecule has 2 aliphatic heterocycles. The lowest BCUT2D eigenvalue weighted by molar-refractivity contribution is -0.139. The Bertz CT molecular complexity index is 356. The third-order valence-corrected chi connectivity index (χ3v) is 3.55. The molecule has 0 aromatic rings. The smallest absolute Gasteiger partial charge is 0.320 e. The van der Waals surface area contributed by atoms with E-state index in [0.29, 0.717) is 13.1 Å². The van der Waals surface area contributed by atoms with Crippen LogP contribution in [0.2, 0.25) is 0 Å². The molecular formula is C12H21N3O3. The monoisotopic (exact) mass is 255 g/mol. The third kappa shape index (κ3) is 2.75. The number of aliphatic carboxylic acids is 1. The lowest BCUT2D eigenvalue weighted by atomic mass is 9.89. The number of amides is 2. The average molecular weight is 255 g/mol. The van der Waals surface area contributed by atoms with Crippen LogP contribution in [0.3, 0.4) is 0 Å². The summed E-state index contributed by atoms with van der Waals surface area (Å²) in [6.45, 7) is 7.42. The first kappa shape index (κ1) is 13.1. The molecule has 2 amide bonds. The number of urea groups is 1. The van der Waals surface area contributed by atoms with E-state index in [2.05, 4.69) is 5.32 Å². The maximum absolute atomic E-state index is 12.2. The van der Waals surface area contributed by atoms with Gasteiger partial charge in [-0.15, -0.1) is 0 Å². The Kier molecular flexibility index (Phi) is 3.47. The van der Waals surface area contributed by atoms with Crippen molar-refractivity contribution in [2.45, 2.75) is 26.3 Å². The molecule has 0 aromatic heterocycles. The van der Waals surface area contributed by atoms with Crippen LogP contribution in [0.5, 0.6) is 0 Å². The molecule has 1 unspecified atom stereocenters. The van der Waals surface area contributed by atoms with Crippen molar-refractivity contribution < 1.29 is 14.7 Å². The van der Waals surface area contributed by atoms with Crippen molar-refractivity contribution in [3.63, 3.8) is 0 Å². The second-order valence-corrected chi connectivity index (χ2v) is 5.95. The first-order chi connectivity index (χ1) is 8.39. The molecule has 2 rings (SSSR count). The number of hydrogen-bond donors (Lipinski definition) is 2. The highest BCUT2D eigenvalue weighted by atomic mass is 16.4. The van der Waals surface area contributed by atoms with Crippen LogP contribution >= 0.6 is 0 Å². The number of rotatable bonds is 4. The van der Waals surface area contributed by atoms with E-state index in [4.69, 9.17) is 5.11 Å². The summed E-state index contributed by atoms with van der Waals surface area (Å²) in [7, 11) is 0. The van der Waals surface area contributed by atoms with Gasteiger partial charge in [0.25, 0.3) is 0 Å². The van der Waals surface area contributed by atoms with E-state index in [9.17, 15) is 9.59 Å². The Morgan fingerprint density at radius 1 is 1.56 bits per heavy atom. The van der Waals surface area contributed by atoms with Crippen LogP contribution in [0.1, 0.15) is 20.3 Å². The number of carboxylic acids is 1. The predicted molar refractivity (Wildman–Crippen MR) is 66.4 cm³/mol. The molecule has 0 saturated carbocycles. The Morgan fingerprint density at radius 2 is 2.28 bits per heavy atom. The fourth-order valence-corrected chi connectivity index (χ4v) is 2.80. The second-order valence-electron chi connectivity index (χ2n) is 5.95. The summed E-state index contributed by atoms with van der Waals surface area (Å²) in [5.41, 5.74) is -0.385. The lowest BCUT2D eigenvalue weighted by Gasteiger charge is -2.29. The number of carbonyl (C=O) groups is 2. The first-order valence-electron chi connectivity index (χ1n) is 6.37. The minimum absolute atomic E-state index is 0.0555. The molecule has 2 N–H and O–H groups in total. The number of piperazine rings is 1. The van der Waals surface area contributed by atoms with Crippen LogP contribution in [-0.2, 0) is 4.79 Å². The molecule has 102 valence electrons. The van der Waals surface area contributed by atoms with Crippen molar-refractivity contribution in [1.29, 1.82) is 0 Å². The molecule has 1 atom stereocenters. The van der Waals surface area contributed by atoms with Crippen molar-refractivity contribution in [2.24, 2.45) is 5.41 Å². The molecular weight excluding hydrogens is 234 g/mol. The second kappa shape index (κ2) is 4.76. The zero-order valence-electron chi connectivity index (χ0n) is 11.0. The van der Waals surface area contributed by atoms with E-state index in [1.165, 1.54) is 0 Å². The van der Waals surface area contributed by atoms with Gasteiger partial charge in [-0.3, -0.25) is 4.79 Å². The van der Waals surface area contributed by atoms with Gasteiger partial charge in [-0.2, -0.15) is 0 Å². The first-order valence-corrected chi connectivity index (χ1v) is 6.37. The summed E-state index contributed by atoms with van der Waals surface area (Å²) in [6, 6.07) is 0.298. The van der Waals surface area contributed by atoms with E-state index in [-0.39, 0.29) is 23.9 Å².